The Balaban J connectivity index is 1.60. The van der Waals surface area contributed by atoms with Crippen LogP contribution in [0.1, 0.15) is 40.5 Å². The van der Waals surface area contributed by atoms with Gasteiger partial charge in [-0.1, -0.05) is 42.5 Å². The first-order valence-corrected chi connectivity index (χ1v) is 10.1. The van der Waals surface area contributed by atoms with E-state index in [1.165, 1.54) is 7.11 Å². The van der Waals surface area contributed by atoms with Gasteiger partial charge in [-0.25, -0.2) is 19.7 Å². The Hall–Kier alpha value is -3.94. The summed E-state index contributed by atoms with van der Waals surface area (Å²) in [5.41, 5.74) is 3.58. The molecule has 8 nitrogen and oxygen atoms in total. The number of H-pyrrole nitrogens is 2. The third kappa shape index (κ3) is 3.68. The Morgan fingerprint density at radius 1 is 1.16 bits per heavy atom. The van der Waals surface area contributed by atoms with E-state index >= 15 is 0 Å². The average molecular weight is 415 g/mol. The van der Waals surface area contributed by atoms with E-state index in [9.17, 15) is 9.59 Å². The van der Waals surface area contributed by atoms with Gasteiger partial charge in [-0.15, -0.1) is 0 Å². The summed E-state index contributed by atoms with van der Waals surface area (Å²) in [4.78, 5) is 32.5. The Kier molecular flexibility index (Phi) is 4.74. The van der Waals surface area contributed by atoms with Crippen molar-refractivity contribution < 1.29 is 9.53 Å². The quantitative estimate of drug-likeness (QED) is 0.470. The van der Waals surface area contributed by atoms with Crippen LogP contribution in [0.3, 0.4) is 0 Å². The molecule has 0 amide bonds. The molecular weight excluding hydrogens is 394 g/mol. The normalized spacial score (nSPS) is 13.3. The third-order valence-electron chi connectivity index (χ3n) is 5.38. The van der Waals surface area contributed by atoms with Gasteiger partial charge in [0.15, 0.2) is 5.82 Å². The molecule has 0 spiro atoms. The van der Waals surface area contributed by atoms with Gasteiger partial charge in [0, 0.05) is 18.0 Å². The molecule has 1 fully saturated rings. The average Bonchev–Trinajstić information content (AvgIpc) is 3.44. The van der Waals surface area contributed by atoms with Crippen molar-refractivity contribution in [3.8, 4) is 22.9 Å². The van der Waals surface area contributed by atoms with Crippen LogP contribution in [0.2, 0.25) is 0 Å². The maximum atomic E-state index is 12.3. The number of rotatable bonds is 6. The molecule has 5 rings (SSSR count). The number of hydrogen-bond acceptors (Lipinski definition) is 5. The van der Waals surface area contributed by atoms with Crippen LogP contribution in [0.5, 0.6) is 0 Å². The highest BCUT2D eigenvalue weighted by Crippen LogP contribution is 2.37. The Morgan fingerprint density at radius 2 is 1.97 bits per heavy atom. The zero-order valence-corrected chi connectivity index (χ0v) is 17.0. The van der Waals surface area contributed by atoms with Crippen LogP contribution in [0, 0.1) is 0 Å². The summed E-state index contributed by atoms with van der Waals surface area (Å²) in [7, 11) is 1.36. The fourth-order valence-corrected chi connectivity index (χ4v) is 3.73. The first kappa shape index (κ1) is 19.0. The molecule has 0 aliphatic heterocycles. The molecule has 2 aromatic heterocycles. The van der Waals surface area contributed by atoms with Gasteiger partial charge in [-0.2, -0.15) is 5.10 Å². The van der Waals surface area contributed by atoms with Gasteiger partial charge in [-0.3, -0.25) is 4.57 Å². The van der Waals surface area contributed by atoms with Crippen molar-refractivity contribution in [3.63, 3.8) is 0 Å². The minimum atomic E-state index is -0.383. The molecule has 0 unspecified atom stereocenters. The van der Waals surface area contributed by atoms with Crippen molar-refractivity contribution in [2.24, 2.45) is 0 Å². The number of esters is 1. The zero-order chi connectivity index (χ0) is 21.4. The van der Waals surface area contributed by atoms with Gasteiger partial charge < -0.3 is 9.72 Å². The maximum absolute atomic E-state index is 12.3. The van der Waals surface area contributed by atoms with Gasteiger partial charge in [0.25, 0.3) is 0 Å². The number of ether oxygens (including phenoxy) is 1. The number of aromatic nitrogens is 5. The molecule has 0 bridgehead atoms. The second-order valence-corrected chi connectivity index (χ2v) is 7.60. The highest BCUT2D eigenvalue weighted by atomic mass is 16.5. The lowest BCUT2D eigenvalue weighted by molar-refractivity contribution is 0.0600. The standard InChI is InChI=1S/C23H21N5O3/c1-31-22(29)16-9-5-6-14(12-16)13-18-19(21-26-27-23(30)28(21)17-10-11-17)25-20(24-18)15-7-3-2-4-8-15/h2-9,12,17H,10-11,13H2,1H3,(H,24,25)(H,27,30). The molecule has 1 aliphatic carbocycles. The number of aromatic amines is 2. The minimum absolute atomic E-state index is 0.161. The van der Waals surface area contributed by atoms with Gasteiger partial charge in [0.05, 0.1) is 18.4 Å². The Bertz CT molecular complexity index is 1300. The number of methoxy groups -OCH3 is 1. The molecule has 2 aromatic carbocycles. The zero-order valence-electron chi connectivity index (χ0n) is 17.0. The van der Waals surface area contributed by atoms with Crippen LogP contribution < -0.4 is 5.69 Å². The number of nitrogens with zero attached hydrogens (tertiary/aromatic N) is 3. The summed E-state index contributed by atoms with van der Waals surface area (Å²) in [6.07, 6.45) is 2.41. The molecule has 1 saturated carbocycles. The van der Waals surface area contributed by atoms with Gasteiger partial charge in [-0.05, 0) is 30.5 Å². The topological polar surface area (TPSA) is 106 Å². The van der Waals surface area contributed by atoms with Crippen LogP contribution in [-0.4, -0.2) is 37.8 Å². The summed E-state index contributed by atoms with van der Waals surface area (Å²) in [5, 5.41) is 6.86. The third-order valence-corrected chi connectivity index (χ3v) is 5.38. The Labute approximate surface area is 177 Å². The molecule has 0 radical (unpaired) electrons. The fraction of sp³-hybridized carbons (Fsp3) is 0.217. The van der Waals surface area contributed by atoms with E-state index in [0.717, 1.165) is 29.7 Å². The van der Waals surface area contributed by atoms with E-state index in [-0.39, 0.29) is 17.7 Å². The summed E-state index contributed by atoms with van der Waals surface area (Å²) < 4.78 is 6.53. The highest BCUT2D eigenvalue weighted by molar-refractivity contribution is 5.89. The van der Waals surface area contributed by atoms with Crippen molar-refractivity contribution in [1.29, 1.82) is 0 Å². The monoisotopic (exact) mass is 415 g/mol. The van der Waals surface area contributed by atoms with E-state index in [0.29, 0.717) is 29.3 Å². The van der Waals surface area contributed by atoms with E-state index in [4.69, 9.17) is 9.72 Å². The molecule has 4 aromatic rings. The van der Waals surface area contributed by atoms with Crippen molar-refractivity contribution in [2.75, 3.05) is 7.11 Å². The number of benzene rings is 2. The highest BCUT2D eigenvalue weighted by Gasteiger charge is 2.31. The largest absolute Gasteiger partial charge is 0.465 e. The molecule has 0 atom stereocenters. The van der Waals surface area contributed by atoms with E-state index in [2.05, 4.69) is 15.2 Å². The molecule has 2 heterocycles. The molecule has 1 aliphatic rings. The van der Waals surface area contributed by atoms with Gasteiger partial charge >= 0.3 is 11.7 Å². The minimum Gasteiger partial charge on any atom is -0.465 e. The SMILES string of the molecule is COC(=O)c1cccc(Cc2[nH]c(-c3ccccc3)nc2-c2n[nH]c(=O)n2C2CC2)c1. The number of hydrogen-bond donors (Lipinski definition) is 2. The van der Waals surface area contributed by atoms with Gasteiger partial charge in [0.1, 0.15) is 11.5 Å². The van der Waals surface area contributed by atoms with Crippen molar-refractivity contribution >= 4 is 5.97 Å². The van der Waals surface area contributed by atoms with Crippen molar-refractivity contribution in [2.45, 2.75) is 25.3 Å². The van der Waals surface area contributed by atoms with Crippen molar-refractivity contribution in [1.82, 2.24) is 24.7 Å². The number of nitrogens with one attached hydrogen (secondary N) is 2. The first-order valence-electron chi connectivity index (χ1n) is 10.1. The summed E-state index contributed by atoms with van der Waals surface area (Å²) in [5.74, 6) is 0.851. The molecule has 156 valence electrons. The summed E-state index contributed by atoms with van der Waals surface area (Å²) >= 11 is 0. The van der Waals surface area contributed by atoms with Crippen LogP contribution >= 0.6 is 0 Å². The number of imidazole rings is 1. The van der Waals surface area contributed by atoms with E-state index in [1.54, 1.807) is 16.7 Å². The lowest BCUT2D eigenvalue weighted by Crippen LogP contribution is -2.16. The number of carbonyl (C=O) groups is 1. The second kappa shape index (κ2) is 7.71. The van der Waals surface area contributed by atoms with Crippen LogP contribution in [-0.2, 0) is 11.2 Å². The lowest BCUT2D eigenvalue weighted by Gasteiger charge is -2.06. The predicted molar refractivity (Wildman–Crippen MR) is 115 cm³/mol. The summed E-state index contributed by atoms with van der Waals surface area (Å²) in [6, 6.07) is 17.2. The molecule has 2 N–H and O–H groups in total. The predicted octanol–water partition coefficient (Wildman–Crippen LogP) is 3.34. The second-order valence-electron chi connectivity index (χ2n) is 7.60. The maximum Gasteiger partial charge on any atom is 0.343 e. The molecule has 0 saturated heterocycles. The Morgan fingerprint density at radius 3 is 2.71 bits per heavy atom. The lowest BCUT2D eigenvalue weighted by atomic mass is 10.1. The van der Waals surface area contributed by atoms with Gasteiger partial charge in [0.2, 0.25) is 0 Å². The fourth-order valence-electron chi connectivity index (χ4n) is 3.73. The van der Waals surface area contributed by atoms with Crippen molar-refractivity contribution in [3.05, 3.63) is 81.9 Å². The molecule has 8 heteroatoms. The van der Waals surface area contributed by atoms with E-state index < -0.39 is 0 Å². The van der Waals surface area contributed by atoms with Crippen LogP contribution in [0.15, 0.2) is 59.4 Å². The van der Waals surface area contributed by atoms with Crippen LogP contribution in [0.25, 0.3) is 22.9 Å². The van der Waals surface area contributed by atoms with E-state index in [1.807, 2.05) is 42.5 Å². The number of carbonyl (C=O) groups excluding carboxylic acids is 1. The van der Waals surface area contributed by atoms with Crippen LogP contribution in [0.4, 0.5) is 0 Å². The smallest absolute Gasteiger partial charge is 0.343 e. The molecular formula is C23H21N5O3. The summed E-state index contributed by atoms with van der Waals surface area (Å²) in [6.45, 7) is 0. The molecule has 31 heavy (non-hydrogen) atoms. The first-order chi connectivity index (χ1) is 15.1.